The van der Waals surface area contributed by atoms with Gasteiger partial charge in [-0.15, -0.1) is 0 Å². The summed E-state index contributed by atoms with van der Waals surface area (Å²) in [6.07, 6.45) is 5.31. The number of fused-ring (bicyclic) bond motifs is 1. The number of carbonyl (C=O) groups is 1. The van der Waals surface area contributed by atoms with Gasteiger partial charge in [-0.25, -0.2) is 4.98 Å². The van der Waals surface area contributed by atoms with E-state index < -0.39 is 0 Å². The summed E-state index contributed by atoms with van der Waals surface area (Å²) in [7, 11) is 0. The number of nitrogens with one attached hydrogen (secondary N) is 1. The maximum absolute atomic E-state index is 12.5. The van der Waals surface area contributed by atoms with E-state index >= 15 is 0 Å². The van der Waals surface area contributed by atoms with Crippen LogP contribution in [0.15, 0.2) is 55.0 Å². The van der Waals surface area contributed by atoms with Crippen LogP contribution in [-0.2, 0) is 0 Å². The van der Waals surface area contributed by atoms with E-state index in [0.717, 1.165) is 43.3 Å². The van der Waals surface area contributed by atoms with Gasteiger partial charge in [0, 0.05) is 49.8 Å². The Kier molecular flexibility index (Phi) is 3.85. The molecular weight excluding hydrogens is 340 g/mol. The molecule has 2 unspecified atom stereocenters. The molecular formula is C20H20N6O. The Morgan fingerprint density at radius 1 is 0.963 bits per heavy atom. The van der Waals surface area contributed by atoms with Gasteiger partial charge in [0.05, 0.1) is 18.1 Å². The Bertz CT molecular complexity index is 911. The van der Waals surface area contributed by atoms with Crippen LogP contribution in [0.25, 0.3) is 11.3 Å². The SMILES string of the molecule is O=C(c1ccn[nH]1)N1CC2CN(c3cnc(-c4ccccc4)cn3)CC2C1. The van der Waals surface area contributed by atoms with Crippen molar-refractivity contribution >= 4 is 11.7 Å². The van der Waals surface area contributed by atoms with Gasteiger partial charge in [-0.2, -0.15) is 5.10 Å². The van der Waals surface area contributed by atoms with Crippen molar-refractivity contribution in [2.24, 2.45) is 11.8 Å². The maximum atomic E-state index is 12.5. The highest BCUT2D eigenvalue weighted by Crippen LogP contribution is 2.33. The predicted molar refractivity (Wildman–Crippen MR) is 101 cm³/mol. The smallest absolute Gasteiger partial charge is 0.271 e. The molecule has 2 aromatic heterocycles. The maximum Gasteiger partial charge on any atom is 0.271 e. The van der Waals surface area contributed by atoms with Gasteiger partial charge in [0.25, 0.3) is 5.91 Å². The van der Waals surface area contributed by atoms with Crippen LogP contribution in [0, 0.1) is 11.8 Å². The number of rotatable bonds is 3. The number of aromatic nitrogens is 4. The number of carbonyl (C=O) groups excluding carboxylic acids is 1. The monoisotopic (exact) mass is 360 g/mol. The van der Waals surface area contributed by atoms with Gasteiger partial charge in [0.2, 0.25) is 0 Å². The van der Waals surface area contributed by atoms with Crippen LogP contribution in [0.2, 0.25) is 0 Å². The van der Waals surface area contributed by atoms with Gasteiger partial charge in [-0.1, -0.05) is 30.3 Å². The molecule has 0 spiro atoms. The second-order valence-electron chi connectivity index (χ2n) is 7.23. The van der Waals surface area contributed by atoms with Crippen LogP contribution in [0.1, 0.15) is 10.5 Å². The molecule has 2 atom stereocenters. The Hall–Kier alpha value is -3.22. The van der Waals surface area contributed by atoms with Crippen molar-refractivity contribution in [1.82, 2.24) is 25.1 Å². The van der Waals surface area contributed by atoms with Gasteiger partial charge >= 0.3 is 0 Å². The topological polar surface area (TPSA) is 78.0 Å². The zero-order valence-corrected chi connectivity index (χ0v) is 14.8. The molecule has 1 N–H and O–H groups in total. The molecule has 1 amide bonds. The van der Waals surface area contributed by atoms with E-state index in [2.05, 4.69) is 25.1 Å². The van der Waals surface area contributed by atoms with Crippen molar-refractivity contribution in [1.29, 1.82) is 0 Å². The lowest BCUT2D eigenvalue weighted by Crippen LogP contribution is -2.33. The first-order valence-electron chi connectivity index (χ1n) is 9.19. The summed E-state index contributed by atoms with van der Waals surface area (Å²) in [5.74, 6) is 1.91. The zero-order chi connectivity index (χ0) is 18.2. The lowest BCUT2D eigenvalue weighted by Gasteiger charge is -2.22. The minimum atomic E-state index is 0.0421. The molecule has 5 rings (SSSR count). The number of hydrogen-bond donors (Lipinski definition) is 1. The quantitative estimate of drug-likeness (QED) is 0.774. The van der Waals surface area contributed by atoms with Crippen LogP contribution in [0.3, 0.4) is 0 Å². The molecule has 2 saturated heterocycles. The number of aromatic amines is 1. The summed E-state index contributed by atoms with van der Waals surface area (Å²) in [5.41, 5.74) is 2.52. The number of nitrogens with zero attached hydrogens (tertiary/aromatic N) is 5. The summed E-state index contributed by atoms with van der Waals surface area (Å²) < 4.78 is 0. The van der Waals surface area contributed by atoms with Gasteiger partial charge in [0.15, 0.2) is 0 Å². The zero-order valence-electron chi connectivity index (χ0n) is 14.8. The third-order valence-electron chi connectivity index (χ3n) is 5.54. The lowest BCUT2D eigenvalue weighted by molar-refractivity contribution is 0.0776. The number of likely N-dealkylation sites (tertiary alicyclic amines) is 1. The summed E-state index contributed by atoms with van der Waals surface area (Å²) >= 11 is 0. The molecule has 0 radical (unpaired) electrons. The Morgan fingerprint density at radius 3 is 2.37 bits per heavy atom. The molecule has 2 aliphatic heterocycles. The molecule has 7 heteroatoms. The average molecular weight is 360 g/mol. The highest BCUT2D eigenvalue weighted by atomic mass is 16.2. The standard InChI is InChI=1S/C20H20N6O/c27-20(17-6-7-23-24-17)26-12-15-10-25(11-16(15)13-26)19-9-21-18(8-22-19)14-4-2-1-3-5-14/h1-9,15-16H,10-13H2,(H,23,24). The summed E-state index contributed by atoms with van der Waals surface area (Å²) in [6.45, 7) is 3.40. The number of benzene rings is 1. The summed E-state index contributed by atoms with van der Waals surface area (Å²) in [4.78, 5) is 25.9. The van der Waals surface area contributed by atoms with Crippen molar-refractivity contribution in [2.45, 2.75) is 0 Å². The van der Waals surface area contributed by atoms with Crippen molar-refractivity contribution < 1.29 is 4.79 Å². The van der Waals surface area contributed by atoms with E-state index in [1.807, 2.05) is 47.6 Å². The van der Waals surface area contributed by atoms with Gasteiger partial charge in [0.1, 0.15) is 11.5 Å². The van der Waals surface area contributed by atoms with E-state index in [4.69, 9.17) is 0 Å². The fourth-order valence-corrected chi connectivity index (χ4v) is 4.13. The predicted octanol–water partition coefficient (Wildman–Crippen LogP) is 2.08. The third kappa shape index (κ3) is 2.95. The van der Waals surface area contributed by atoms with E-state index in [-0.39, 0.29) is 5.91 Å². The van der Waals surface area contributed by atoms with E-state index in [0.29, 0.717) is 17.5 Å². The van der Waals surface area contributed by atoms with Crippen molar-refractivity contribution in [3.8, 4) is 11.3 Å². The fourth-order valence-electron chi connectivity index (χ4n) is 4.13. The van der Waals surface area contributed by atoms with Crippen LogP contribution in [0.5, 0.6) is 0 Å². The Labute approximate surface area is 157 Å². The van der Waals surface area contributed by atoms with E-state index in [9.17, 15) is 4.79 Å². The van der Waals surface area contributed by atoms with Crippen LogP contribution < -0.4 is 4.90 Å². The number of anilines is 1. The van der Waals surface area contributed by atoms with Gasteiger partial charge < -0.3 is 9.80 Å². The summed E-state index contributed by atoms with van der Waals surface area (Å²) in [6, 6.07) is 11.8. The van der Waals surface area contributed by atoms with E-state index in [1.165, 1.54) is 0 Å². The number of amides is 1. The molecule has 4 heterocycles. The minimum Gasteiger partial charge on any atom is -0.355 e. The second-order valence-corrected chi connectivity index (χ2v) is 7.23. The molecule has 2 fully saturated rings. The highest BCUT2D eigenvalue weighted by molar-refractivity contribution is 5.92. The average Bonchev–Trinajstić information content (AvgIpc) is 3.44. The lowest BCUT2D eigenvalue weighted by atomic mass is 10.0. The molecule has 136 valence electrons. The Balaban J connectivity index is 1.25. The van der Waals surface area contributed by atoms with Crippen molar-refractivity contribution in [3.63, 3.8) is 0 Å². The second kappa shape index (κ2) is 6.50. The first-order valence-corrected chi connectivity index (χ1v) is 9.19. The molecule has 27 heavy (non-hydrogen) atoms. The molecule has 7 nitrogen and oxygen atoms in total. The van der Waals surface area contributed by atoms with Crippen LogP contribution >= 0.6 is 0 Å². The fraction of sp³-hybridized carbons (Fsp3) is 0.300. The van der Waals surface area contributed by atoms with Gasteiger partial charge in [-0.3, -0.25) is 14.9 Å². The first-order chi connectivity index (χ1) is 13.3. The number of H-pyrrole nitrogens is 1. The van der Waals surface area contributed by atoms with Crippen LogP contribution in [0.4, 0.5) is 5.82 Å². The molecule has 3 aromatic rings. The first kappa shape index (κ1) is 16.0. The van der Waals surface area contributed by atoms with Crippen molar-refractivity contribution in [2.75, 3.05) is 31.1 Å². The Morgan fingerprint density at radius 2 is 1.74 bits per heavy atom. The van der Waals surface area contributed by atoms with Gasteiger partial charge in [-0.05, 0) is 6.07 Å². The van der Waals surface area contributed by atoms with E-state index in [1.54, 1.807) is 12.3 Å². The largest absolute Gasteiger partial charge is 0.355 e. The molecule has 1 aromatic carbocycles. The highest BCUT2D eigenvalue weighted by Gasteiger charge is 2.42. The van der Waals surface area contributed by atoms with Crippen LogP contribution in [-0.4, -0.2) is 57.2 Å². The molecule has 2 aliphatic rings. The molecule has 0 bridgehead atoms. The third-order valence-corrected chi connectivity index (χ3v) is 5.54. The van der Waals surface area contributed by atoms with Crippen molar-refractivity contribution in [3.05, 3.63) is 60.7 Å². The number of hydrogen-bond acceptors (Lipinski definition) is 5. The normalized spacial score (nSPS) is 21.5. The molecule has 0 saturated carbocycles. The summed E-state index contributed by atoms with van der Waals surface area (Å²) in [5, 5.41) is 6.63. The minimum absolute atomic E-state index is 0.0421. The molecule has 0 aliphatic carbocycles.